The second-order valence-electron chi connectivity index (χ2n) is 7.16. The minimum atomic E-state index is 0. The van der Waals surface area contributed by atoms with Gasteiger partial charge in [-0.05, 0) is 5.92 Å². The van der Waals surface area contributed by atoms with Crippen LogP contribution >= 0.6 is 0 Å². The van der Waals surface area contributed by atoms with Crippen molar-refractivity contribution in [3.8, 4) is 0 Å². The second kappa shape index (κ2) is 8.86. The Balaban J connectivity index is 0.000000176. The van der Waals surface area contributed by atoms with Crippen molar-refractivity contribution in [2.24, 2.45) is 11.8 Å². The van der Waals surface area contributed by atoms with Crippen LogP contribution in [0, 0.1) is 17.9 Å². The summed E-state index contributed by atoms with van der Waals surface area (Å²) in [5, 5.41) is 5.39. The van der Waals surface area contributed by atoms with E-state index in [0.717, 1.165) is 6.42 Å². The average Bonchev–Trinajstić information content (AvgIpc) is 3.20. The third-order valence-corrected chi connectivity index (χ3v) is 4.72. The van der Waals surface area contributed by atoms with Crippen LogP contribution in [0.1, 0.15) is 34.1 Å². The van der Waals surface area contributed by atoms with Crippen LogP contribution in [0.15, 0.2) is 71.8 Å². The molecule has 0 bridgehead atoms. The number of allylic oxidation sites excluding steroid dienone is 4. The first kappa shape index (κ1) is 20.0. The maximum absolute atomic E-state index is 3.41. The van der Waals surface area contributed by atoms with Crippen LogP contribution < -0.4 is 0 Å². The van der Waals surface area contributed by atoms with E-state index < -0.39 is 0 Å². The predicted molar refractivity (Wildman–Crippen MR) is 106 cm³/mol. The Labute approximate surface area is 171 Å². The molecule has 3 aromatic rings. The van der Waals surface area contributed by atoms with Gasteiger partial charge in [0.25, 0.3) is 0 Å². The summed E-state index contributed by atoms with van der Waals surface area (Å²) < 4.78 is 0. The molecule has 1 heteroatoms. The molecule has 0 aliphatic heterocycles. The molecule has 1 aliphatic carbocycles. The molecule has 0 fully saturated rings. The molecule has 0 radical (unpaired) electrons. The molecule has 0 N–H and O–H groups in total. The molecule has 0 saturated carbocycles. The maximum atomic E-state index is 3.41. The summed E-state index contributed by atoms with van der Waals surface area (Å²) in [5.74, 6) is 1.34. The molecule has 0 saturated heterocycles. The van der Waals surface area contributed by atoms with Gasteiger partial charge in [-0.15, -0.1) is 46.2 Å². The van der Waals surface area contributed by atoms with E-state index in [4.69, 9.17) is 0 Å². The normalized spacial score (nSPS) is 13.5. The van der Waals surface area contributed by atoms with E-state index in [1.54, 1.807) is 0 Å². The van der Waals surface area contributed by atoms with Crippen LogP contribution in [-0.2, 0) is 26.2 Å². The van der Waals surface area contributed by atoms with Crippen LogP contribution in [0.25, 0.3) is 21.5 Å². The van der Waals surface area contributed by atoms with Crippen LogP contribution in [0.5, 0.6) is 0 Å². The largest absolute Gasteiger partial charge is 2.00 e. The maximum Gasteiger partial charge on any atom is 2.00 e. The minimum Gasteiger partial charge on any atom is -0.269 e. The summed E-state index contributed by atoms with van der Waals surface area (Å²) in [5.41, 5.74) is 2.93. The van der Waals surface area contributed by atoms with Crippen molar-refractivity contribution < 1.29 is 26.2 Å². The van der Waals surface area contributed by atoms with Gasteiger partial charge in [-0.25, -0.2) is 11.6 Å². The fraction of sp³-hybridized carbons (Fsp3) is 0.292. The summed E-state index contributed by atoms with van der Waals surface area (Å²) in [6.07, 6.45) is 6.79. The third-order valence-electron chi connectivity index (χ3n) is 4.72. The van der Waals surface area contributed by atoms with Gasteiger partial charge in [0.05, 0.1) is 0 Å². The monoisotopic (exact) mass is 404 g/mol. The van der Waals surface area contributed by atoms with E-state index in [2.05, 4.69) is 94.4 Å². The van der Waals surface area contributed by atoms with Gasteiger partial charge < -0.3 is 0 Å². The SMILES string of the molecule is CC(C)C1=[C-]CC(C(C)C)=C1.[Zr+2].c1ccc2c(c1)[cH-]c1ccccc12. The van der Waals surface area contributed by atoms with Crippen molar-refractivity contribution in [1.29, 1.82) is 0 Å². The molecular formula is C24H26Zr. The Hall–Kier alpha value is -1.33. The molecule has 0 heterocycles. The fourth-order valence-electron chi connectivity index (χ4n) is 3.15. The number of hydrogen-bond donors (Lipinski definition) is 0. The van der Waals surface area contributed by atoms with Gasteiger partial charge in [-0.3, -0.25) is 6.08 Å². The molecule has 126 valence electrons. The number of fused-ring (bicyclic) bond motifs is 3. The van der Waals surface area contributed by atoms with Crippen LogP contribution in [-0.4, -0.2) is 0 Å². The van der Waals surface area contributed by atoms with Crippen molar-refractivity contribution in [3.05, 3.63) is 77.9 Å². The minimum absolute atomic E-state index is 0. The molecule has 1 aliphatic rings. The third kappa shape index (κ3) is 4.65. The summed E-state index contributed by atoms with van der Waals surface area (Å²) in [6, 6.07) is 19.3. The van der Waals surface area contributed by atoms with E-state index in [0.29, 0.717) is 11.8 Å². The smallest absolute Gasteiger partial charge is 0.269 e. The molecule has 25 heavy (non-hydrogen) atoms. The Morgan fingerprint density at radius 2 is 1.32 bits per heavy atom. The van der Waals surface area contributed by atoms with E-state index in [-0.39, 0.29) is 26.2 Å². The molecular weight excluding hydrogens is 379 g/mol. The first-order valence-electron chi connectivity index (χ1n) is 8.90. The number of rotatable bonds is 2. The summed E-state index contributed by atoms with van der Waals surface area (Å²) >= 11 is 0. The Bertz CT molecular complexity index is 840. The molecule has 3 aromatic carbocycles. The van der Waals surface area contributed by atoms with E-state index in [1.807, 2.05) is 0 Å². The summed E-state index contributed by atoms with van der Waals surface area (Å²) in [7, 11) is 0. The van der Waals surface area contributed by atoms with E-state index in [1.165, 1.54) is 32.7 Å². The zero-order chi connectivity index (χ0) is 17.1. The fourth-order valence-corrected chi connectivity index (χ4v) is 3.15. The predicted octanol–water partition coefficient (Wildman–Crippen LogP) is 7.07. The topological polar surface area (TPSA) is 0 Å². The Morgan fingerprint density at radius 1 is 0.800 bits per heavy atom. The first-order valence-corrected chi connectivity index (χ1v) is 8.90. The molecule has 0 atom stereocenters. The zero-order valence-corrected chi connectivity index (χ0v) is 18.1. The van der Waals surface area contributed by atoms with Crippen LogP contribution in [0.3, 0.4) is 0 Å². The van der Waals surface area contributed by atoms with Gasteiger partial charge in [0, 0.05) is 0 Å². The van der Waals surface area contributed by atoms with Crippen molar-refractivity contribution >= 4 is 21.5 Å². The summed E-state index contributed by atoms with van der Waals surface area (Å²) in [6.45, 7) is 8.94. The van der Waals surface area contributed by atoms with Crippen LogP contribution in [0.2, 0.25) is 0 Å². The Morgan fingerprint density at radius 3 is 1.72 bits per heavy atom. The molecule has 0 unspecified atom stereocenters. The quantitative estimate of drug-likeness (QED) is 0.400. The summed E-state index contributed by atoms with van der Waals surface area (Å²) in [4.78, 5) is 0. The van der Waals surface area contributed by atoms with Gasteiger partial charge >= 0.3 is 26.2 Å². The number of benzene rings is 2. The Kier molecular flexibility index (Phi) is 7.08. The van der Waals surface area contributed by atoms with Crippen LogP contribution in [0.4, 0.5) is 0 Å². The number of hydrogen-bond acceptors (Lipinski definition) is 0. The molecule has 0 nitrogen and oxygen atoms in total. The second-order valence-corrected chi connectivity index (χ2v) is 7.16. The van der Waals surface area contributed by atoms with E-state index >= 15 is 0 Å². The van der Waals surface area contributed by atoms with Gasteiger partial charge in [0.2, 0.25) is 0 Å². The van der Waals surface area contributed by atoms with Gasteiger partial charge in [0.1, 0.15) is 0 Å². The van der Waals surface area contributed by atoms with Gasteiger partial charge in [-0.1, -0.05) is 70.0 Å². The van der Waals surface area contributed by atoms with Crippen molar-refractivity contribution in [2.75, 3.05) is 0 Å². The average molecular weight is 406 g/mol. The molecule has 0 amide bonds. The van der Waals surface area contributed by atoms with Crippen molar-refractivity contribution in [3.63, 3.8) is 0 Å². The van der Waals surface area contributed by atoms with Gasteiger partial charge in [0.15, 0.2) is 0 Å². The van der Waals surface area contributed by atoms with Crippen molar-refractivity contribution in [1.82, 2.24) is 0 Å². The molecule has 0 aromatic heterocycles. The standard InChI is InChI=1S/C13H9.C11H17.Zr/c1-3-7-12-10(5-1)9-11-6-2-4-8-13(11)12;1-8(2)10-5-6-11(7-10)9(3)4;/h1-9H;7-9H,5H2,1-4H3;/q2*-1;+2. The van der Waals surface area contributed by atoms with Gasteiger partial charge in [-0.2, -0.15) is 5.57 Å². The first-order chi connectivity index (χ1) is 11.6. The molecule has 0 spiro atoms. The molecule has 4 rings (SSSR count). The van der Waals surface area contributed by atoms with Crippen molar-refractivity contribution in [2.45, 2.75) is 34.1 Å². The van der Waals surface area contributed by atoms with E-state index in [9.17, 15) is 0 Å². The zero-order valence-electron chi connectivity index (χ0n) is 15.6.